The first-order valence-corrected chi connectivity index (χ1v) is 13.4. The zero-order valence-electron chi connectivity index (χ0n) is 22.5. The Labute approximate surface area is 228 Å². The number of ether oxygens (including phenoxy) is 1. The van der Waals surface area contributed by atoms with Crippen molar-refractivity contribution in [2.24, 2.45) is 11.8 Å². The molecule has 3 heterocycles. The van der Waals surface area contributed by atoms with E-state index in [2.05, 4.69) is 23.7 Å². The van der Waals surface area contributed by atoms with E-state index in [1.807, 2.05) is 25.1 Å². The molecule has 0 bridgehead atoms. The number of fused-ring (bicyclic) bond motifs is 1. The highest BCUT2D eigenvalue weighted by molar-refractivity contribution is 5.80. The van der Waals surface area contributed by atoms with Crippen LogP contribution in [0.1, 0.15) is 38.4 Å². The van der Waals surface area contributed by atoms with E-state index in [9.17, 15) is 10.1 Å². The third-order valence-electron chi connectivity index (χ3n) is 7.98. The lowest BCUT2D eigenvalue weighted by molar-refractivity contribution is -0.104. The molecule has 7 nitrogen and oxygen atoms in total. The zero-order valence-corrected chi connectivity index (χ0v) is 22.5. The molecule has 200 valence electrons. The van der Waals surface area contributed by atoms with Crippen molar-refractivity contribution < 1.29 is 13.9 Å². The predicted octanol–water partition coefficient (Wildman–Crippen LogP) is 5.31. The molecule has 2 aliphatic rings. The number of carbonyl (C=O) groups excluding carboxylic acids is 1. The second kappa shape index (κ2) is 11.0. The molecule has 3 aromatic rings. The maximum Gasteiger partial charge on any atom is 0.160 e. The first-order valence-electron chi connectivity index (χ1n) is 13.4. The Bertz CT molecular complexity index is 1460. The lowest BCUT2D eigenvalue weighted by atomic mass is 9.62. The van der Waals surface area contributed by atoms with Crippen molar-refractivity contribution in [3.05, 3.63) is 71.3 Å². The van der Waals surface area contributed by atoms with Gasteiger partial charge in [0.2, 0.25) is 0 Å². The minimum absolute atomic E-state index is 0.0575. The summed E-state index contributed by atoms with van der Waals surface area (Å²) in [6.07, 6.45) is 5.55. The molecule has 0 N–H and O–H groups in total. The number of aromatic nitrogens is 3. The molecule has 1 aromatic carbocycles. The Kier molecular flexibility index (Phi) is 7.53. The number of anilines is 1. The highest BCUT2D eigenvalue weighted by atomic mass is 19.1. The smallest absolute Gasteiger partial charge is 0.160 e. The molecule has 8 heteroatoms. The van der Waals surface area contributed by atoms with Crippen LogP contribution < -0.4 is 4.90 Å². The van der Waals surface area contributed by atoms with Crippen LogP contribution in [0.4, 0.5) is 10.2 Å². The van der Waals surface area contributed by atoms with Crippen molar-refractivity contribution in [1.29, 1.82) is 5.26 Å². The van der Waals surface area contributed by atoms with Gasteiger partial charge in [-0.15, -0.1) is 0 Å². The van der Waals surface area contributed by atoms with Crippen LogP contribution in [0.3, 0.4) is 0 Å². The SMILES string of the molecule is CC(C)[C@H]1CCc2c(-c3ccccc3F)nc(-c3ccnc(N4CCOCC4)c3)nc2[C@]1(C)/C=C(/C#N)C=O. The predicted molar refractivity (Wildman–Crippen MR) is 147 cm³/mol. The number of aldehydes is 1. The van der Waals surface area contributed by atoms with Crippen molar-refractivity contribution in [2.75, 3.05) is 31.2 Å². The van der Waals surface area contributed by atoms with Gasteiger partial charge in [-0.3, -0.25) is 4.79 Å². The highest BCUT2D eigenvalue weighted by Gasteiger charge is 2.44. The number of hydrogen-bond donors (Lipinski definition) is 0. The van der Waals surface area contributed by atoms with Crippen molar-refractivity contribution in [3.63, 3.8) is 0 Å². The number of hydrogen-bond acceptors (Lipinski definition) is 7. The molecule has 39 heavy (non-hydrogen) atoms. The van der Waals surface area contributed by atoms with E-state index in [-0.39, 0.29) is 23.2 Å². The molecule has 0 spiro atoms. The zero-order chi connectivity index (χ0) is 27.6. The number of carbonyl (C=O) groups is 1. The van der Waals surface area contributed by atoms with Crippen LogP contribution in [-0.2, 0) is 21.4 Å². The summed E-state index contributed by atoms with van der Waals surface area (Å²) in [6.45, 7) is 9.07. The Morgan fingerprint density at radius 3 is 2.69 bits per heavy atom. The van der Waals surface area contributed by atoms with Gasteiger partial charge in [0.15, 0.2) is 12.1 Å². The molecule has 1 aliphatic carbocycles. The quantitative estimate of drug-likeness (QED) is 0.245. The van der Waals surface area contributed by atoms with Gasteiger partial charge in [0.25, 0.3) is 0 Å². The second-order valence-corrected chi connectivity index (χ2v) is 10.7. The molecule has 0 unspecified atom stereocenters. The maximum atomic E-state index is 15.2. The van der Waals surface area contributed by atoms with Crippen molar-refractivity contribution in [3.8, 4) is 28.7 Å². The number of nitriles is 1. The van der Waals surface area contributed by atoms with Gasteiger partial charge in [0, 0.05) is 41.4 Å². The molecular formula is C31H32FN5O2. The summed E-state index contributed by atoms with van der Waals surface area (Å²) in [4.78, 5) is 28.6. The fourth-order valence-electron chi connectivity index (χ4n) is 6.09. The monoisotopic (exact) mass is 525 g/mol. The van der Waals surface area contributed by atoms with E-state index in [4.69, 9.17) is 14.7 Å². The van der Waals surface area contributed by atoms with E-state index in [1.165, 1.54) is 6.07 Å². The number of nitrogens with zero attached hydrogens (tertiary/aromatic N) is 5. The average molecular weight is 526 g/mol. The van der Waals surface area contributed by atoms with Gasteiger partial charge in [-0.25, -0.2) is 19.3 Å². The number of pyridine rings is 1. The molecule has 2 atom stereocenters. The first-order chi connectivity index (χ1) is 18.9. The van der Waals surface area contributed by atoms with E-state index >= 15 is 4.39 Å². The molecular weight excluding hydrogens is 493 g/mol. The number of halogens is 1. The van der Waals surface area contributed by atoms with E-state index in [1.54, 1.807) is 30.5 Å². The van der Waals surface area contributed by atoms with Crippen LogP contribution in [0.5, 0.6) is 0 Å². The van der Waals surface area contributed by atoms with Crippen LogP contribution in [0, 0.1) is 29.0 Å². The molecule has 1 fully saturated rings. The Morgan fingerprint density at radius 2 is 2.00 bits per heavy atom. The van der Waals surface area contributed by atoms with Gasteiger partial charge in [-0.1, -0.05) is 39.0 Å². The molecule has 2 aromatic heterocycles. The molecule has 0 amide bonds. The van der Waals surface area contributed by atoms with Gasteiger partial charge in [-0.05, 0) is 48.9 Å². The van der Waals surface area contributed by atoms with Gasteiger partial charge in [-0.2, -0.15) is 5.26 Å². The third-order valence-corrected chi connectivity index (χ3v) is 7.98. The van der Waals surface area contributed by atoms with Crippen LogP contribution in [0.25, 0.3) is 22.6 Å². The fraction of sp³-hybridized carbons (Fsp3) is 0.387. The summed E-state index contributed by atoms with van der Waals surface area (Å²) in [5, 5.41) is 9.65. The van der Waals surface area contributed by atoms with Gasteiger partial charge < -0.3 is 9.64 Å². The first kappa shape index (κ1) is 26.6. The minimum atomic E-state index is -0.731. The standard InChI is InChI=1S/C31H32FN5O2/c1-20(2)25-9-8-24-28(23-6-4-5-7-26(23)32)35-30(36-29(24)31(25,3)17-21(18-33)19-38)22-10-11-34-27(16-22)37-12-14-39-15-13-37/h4-7,10-11,16-17,19-20,25H,8-9,12-15H2,1-3H3/b21-17-/t25-,31-/m1/s1. The largest absolute Gasteiger partial charge is 0.378 e. The lowest BCUT2D eigenvalue weighted by Gasteiger charge is -2.43. The lowest BCUT2D eigenvalue weighted by Crippen LogP contribution is -2.40. The number of morpholine rings is 1. The second-order valence-electron chi connectivity index (χ2n) is 10.7. The molecule has 1 aliphatic heterocycles. The molecule has 5 rings (SSSR count). The van der Waals surface area contributed by atoms with Crippen molar-refractivity contribution >= 4 is 12.1 Å². The molecule has 1 saturated heterocycles. The van der Waals surface area contributed by atoms with Crippen molar-refractivity contribution in [1.82, 2.24) is 15.0 Å². The number of allylic oxidation sites excluding steroid dienone is 2. The summed E-state index contributed by atoms with van der Waals surface area (Å²) in [6, 6.07) is 12.5. The topological polar surface area (TPSA) is 92.0 Å². The summed E-state index contributed by atoms with van der Waals surface area (Å²) in [5.41, 5.74) is 2.63. The number of rotatable bonds is 6. The van der Waals surface area contributed by atoms with E-state index < -0.39 is 5.41 Å². The summed E-state index contributed by atoms with van der Waals surface area (Å²) >= 11 is 0. The fourth-order valence-corrected chi connectivity index (χ4v) is 6.09. The van der Waals surface area contributed by atoms with Crippen LogP contribution in [0.15, 0.2) is 54.2 Å². The Hall–Kier alpha value is -3.96. The highest BCUT2D eigenvalue weighted by Crippen LogP contribution is 2.48. The summed E-state index contributed by atoms with van der Waals surface area (Å²) in [5.74, 6) is 1.28. The van der Waals surface area contributed by atoms with E-state index in [0.717, 1.165) is 42.1 Å². The summed E-state index contributed by atoms with van der Waals surface area (Å²) < 4.78 is 20.7. The van der Waals surface area contributed by atoms with Crippen LogP contribution in [-0.4, -0.2) is 47.5 Å². The third kappa shape index (κ3) is 5.07. The van der Waals surface area contributed by atoms with E-state index in [0.29, 0.717) is 43.0 Å². The average Bonchev–Trinajstić information content (AvgIpc) is 2.96. The van der Waals surface area contributed by atoms with Crippen LogP contribution >= 0.6 is 0 Å². The van der Waals surface area contributed by atoms with Crippen LogP contribution in [0.2, 0.25) is 0 Å². The molecule has 0 saturated carbocycles. The van der Waals surface area contributed by atoms with Crippen molar-refractivity contribution in [2.45, 2.75) is 39.0 Å². The number of benzene rings is 1. The summed E-state index contributed by atoms with van der Waals surface area (Å²) in [7, 11) is 0. The van der Waals surface area contributed by atoms with Gasteiger partial charge in [0.1, 0.15) is 17.7 Å². The molecule has 0 radical (unpaired) electrons. The van der Waals surface area contributed by atoms with Gasteiger partial charge in [0.05, 0.1) is 30.2 Å². The minimum Gasteiger partial charge on any atom is -0.378 e. The Morgan fingerprint density at radius 1 is 1.23 bits per heavy atom. The normalized spacial score (nSPS) is 21.4. The Balaban J connectivity index is 1.77. The maximum absolute atomic E-state index is 15.2. The van der Waals surface area contributed by atoms with Gasteiger partial charge >= 0.3 is 0 Å².